The molecule has 2 amide bonds. The minimum Gasteiger partial charge on any atom is -0.490 e. The Morgan fingerprint density at radius 1 is 1.11 bits per heavy atom. The Morgan fingerprint density at radius 2 is 1.84 bits per heavy atom. The van der Waals surface area contributed by atoms with Crippen LogP contribution >= 0.6 is 15.9 Å². The van der Waals surface area contributed by atoms with Gasteiger partial charge in [-0.1, -0.05) is 6.07 Å². The zero-order chi connectivity index (χ0) is 27.7. The molecule has 0 spiro atoms. The first-order valence-electron chi connectivity index (χ1n) is 11.0. The van der Waals surface area contributed by atoms with Crippen molar-refractivity contribution in [2.24, 2.45) is 0 Å². The normalized spacial score (nSPS) is 10.7. The van der Waals surface area contributed by atoms with E-state index in [0.717, 1.165) is 0 Å². The molecule has 194 valence electrons. The van der Waals surface area contributed by atoms with Crippen molar-refractivity contribution < 1.29 is 28.4 Å². The van der Waals surface area contributed by atoms with Crippen molar-refractivity contribution in [1.29, 1.82) is 5.26 Å². The first kappa shape index (κ1) is 27.8. The topological polar surface area (TPSA) is 144 Å². The SMILES string of the molecule is CCOc1cc(/C=C(/C#N)C(=O)Nc2cccc([N+](=O)[O-])c2)cc(Br)c1OCC(=O)Nc1ccc(F)cc1. The molecule has 0 aliphatic carbocycles. The van der Waals surface area contributed by atoms with Gasteiger partial charge in [0.25, 0.3) is 17.5 Å². The minimum atomic E-state index is -0.764. The molecule has 0 aromatic heterocycles. The molecule has 0 atom stereocenters. The second kappa shape index (κ2) is 13.0. The Hall–Kier alpha value is -4.76. The molecule has 0 unspecified atom stereocenters. The van der Waals surface area contributed by atoms with Crippen LogP contribution in [0, 0.1) is 27.3 Å². The standard InChI is InChI=1S/C26H20BrFN4O6/c1-2-37-23-12-16(10-17(14-29)26(34)31-20-4-3-5-21(13-20)32(35)36)11-22(27)25(23)38-15-24(33)30-19-8-6-18(28)7-9-19/h3-13H,2,15H2,1H3,(H,30,33)(H,31,34)/b17-10-. The van der Waals surface area contributed by atoms with Crippen LogP contribution in [0.1, 0.15) is 12.5 Å². The van der Waals surface area contributed by atoms with Crippen molar-refractivity contribution in [2.75, 3.05) is 23.8 Å². The number of benzene rings is 3. The van der Waals surface area contributed by atoms with Crippen LogP contribution in [-0.2, 0) is 9.59 Å². The van der Waals surface area contributed by atoms with E-state index in [1.807, 2.05) is 6.07 Å². The number of anilines is 2. The van der Waals surface area contributed by atoms with Gasteiger partial charge in [-0.25, -0.2) is 4.39 Å². The number of hydrogen-bond donors (Lipinski definition) is 2. The molecule has 0 saturated carbocycles. The van der Waals surface area contributed by atoms with E-state index in [1.54, 1.807) is 13.0 Å². The van der Waals surface area contributed by atoms with Crippen LogP contribution in [0.2, 0.25) is 0 Å². The average Bonchev–Trinajstić information content (AvgIpc) is 2.88. The minimum absolute atomic E-state index is 0.157. The number of carbonyl (C=O) groups excluding carboxylic acids is 2. The van der Waals surface area contributed by atoms with E-state index in [9.17, 15) is 29.4 Å². The molecule has 0 aliphatic rings. The molecule has 0 saturated heterocycles. The van der Waals surface area contributed by atoms with Crippen LogP contribution in [0.4, 0.5) is 21.5 Å². The fourth-order valence-electron chi connectivity index (χ4n) is 3.15. The zero-order valence-electron chi connectivity index (χ0n) is 19.9. The largest absolute Gasteiger partial charge is 0.490 e. The summed E-state index contributed by atoms with van der Waals surface area (Å²) >= 11 is 3.36. The highest BCUT2D eigenvalue weighted by Crippen LogP contribution is 2.37. The van der Waals surface area contributed by atoms with Crippen molar-refractivity contribution in [1.82, 2.24) is 0 Å². The maximum atomic E-state index is 13.0. The maximum Gasteiger partial charge on any atom is 0.271 e. The predicted molar refractivity (Wildman–Crippen MR) is 141 cm³/mol. The van der Waals surface area contributed by atoms with E-state index >= 15 is 0 Å². The number of nitro groups is 1. The summed E-state index contributed by atoms with van der Waals surface area (Å²) in [6, 6.07) is 15.5. The molecule has 10 nitrogen and oxygen atoms in total. The smallest absolute Gasteiger partial charge is 0.271 e. The molecule has 3 rings (SSSR count). The third kappa shape index (κ3) is 7.62. The van der Waals surface area contributed by atoms with Crippen LogP contribution in [0.3, 0.4) is 0 Å². The molecular formula is C26H20BrFN4O6. The number of carbonyl (C=O) groups is 2. The lowest BCUT2D eigenvalue weighted by atomic mass is 10.1. The van der Waals surface area contributed by atoms with Crippen molar-refractivity contribution in [2.45, 2.75) is 6.92 Å². The van der Waals surface area contributed by atoms with Gasteiger partial charge in [0, 0.05) is 23.5 Å². The second-order valence-corrected chi connectivity index (χ2v) is 8.39. The predicted octanol–water partition coefficient (Wildman–Crippen LogP) is 5.46. The van der Waals surface area contributed by atoms with Gasteiger partial charge < -0.3 is 20.1 Å². The van der Waals surface area contributed by atoms with Crippen molar-refractivity contribution in [3.8, 4) is 17.6 Å². The van der Waals surface area contributed by atoms with E-state index in [1.165, 1.54) is 60.7 Å². The van der Waals surface area contributed by atoms with Crippen molar-refractivity contribution >= 4 is 50.9 Å². The zero-order valence-corrected chi connectivity index (χ0v) is 21.5. The number of halogens is 2. The monoisotopic (exact) mass is 582 g/mol. The number of ether oxygens (including phenoxy) is 2. The Bertz CT molecular complexity index is 1440. The lowest BCUT2D eigenvalue weighted by molar-refractivity contribution is -0.384. The van der Waals surface area contributed by atoms with Crippen LogP contribution in [0.5, 0.6) is 11.5 Å². The molecule has 12 heteroatoms. The highest BCUT2D eigenvalue weighted by molar-refractivity contribution is 9.10. The van der Waals surface area contributed by atoms with E-state index in [0.29, 0.717) is 15.7 Å². The van der Waals surface area contributed by atoms with Gasteiger partial charge in [0.15, 0.2) is 18.1 Å². The summed E-state index contributed by atoms with van der Waals surface area (Å²) in [7, 11) is 0. The van der Waals surface area contributed by atoms with Gasteiger partial charge in [-0.2, -0.15) is 5.26 Å². The van der Waals surface area contributed by atoms with Gasteiger partial charge in [-0.3, -0.25) is 19.7 Å². The molecule has 0 fully saturated rings. The van der Waals surface area contributed by atoms with Crippen LogP contribution in [-0.4, -0.2) is 30.0 Å². The quantitative estimate of drug-likeness (QED) is 0.140. The fraction of sp³-hybridized carbons (Fsp3) is 0.115. The average molecular weight is 583 g/mol. The molecule has 0 aliphatic heterocycles. The molecule has 38 heavy (non-hydrogen) atoms. The highest BCUT2D eigenvalue weighted by Gasteiger charge is 2.16. The molecular weight excluding hydrogens is 563 g/mol. The molecule has 0 heterocycles. The third-order valence-corrected chi connectivity index (χ3v) is 5.39. The van der Waals surface area contributed by atoms with Crippen molar-refractivity contribution in [3.63, 3.8) is 0 Å². The van der Waals surface area contributed by atoms with Crippen LogP contribution in [0.25, 0.3) is 6.08 Å². The maximum absolute atomic E-state index is 13.0. The lowest BCUT2D eigenvalue weighted by Gasteiger charge is -2.15. The molecule has 3 aromatic carbocycles. The third-order valence-electron chi connectivity index (χ3n) is 4.80. The molecule has 2 N–H and O–H groups in total. The Labute approximate surface area is 225 Å². The summed E-state index contributed by atoms with van der Waals surface area (Å²) in [4.78, 5) is 35.3. The summed E-state index contributed by atoms with van der Waals surface area (Å²) < 4.78 is 24.7. The van der Waals surface area contributed by atoms with Gasteiger partial charge >= 0.3 is 0 Å². The molecule has 0 radical (unpaired) electrons. The highest BCUT2D eigenvalue weighted by atomic mass is 79.9. The van der Waals surface area contributed by atoms with Crippen molar-refractivity contribution in [3.05, 3.63) is 92.2 Å². The van der Waals surface area contributed by atoms with E-state index in [2.05, 4.69) is 26.6 Å². The Balaban J connectivity index is 1.77. The number of nitrogens with one attached hydrogen (secondary N) is 2. The summed E-state index contributed by atoms with van der Waals surface area (Å²) in [5, 5.41) is 25.5. The number of nitrogens with zero attached hydrogens (tertiary/aromatic N) is 2. The second-order valence-electron chi connectivity index (χ2n) is 7.54. The van der Waals surface area contributed by atoms with Gasteiger partial charge in [-0.05, 0) is 77.0 Å². The van der Waals surface area contributed by atoms with Gasteiger partial charge in [0.1, 0.15) is 17.5 Å². The van der Waals surface area contributed by atoms with Gasteiger partial charge in [-0.15, -0.1) is 0 Å². The number of nitriles is 1. The van der Waals surface area contributed by atoms with Gasteiger partial charge in [0.05, 0.1) is 16.0 Å². The number of amides is 2. The first-order chi connectivity index (χ1) is 18.2. The number of nitro benzene ring substituents is 1. The number of hydrogen-bond acceptors (Lipinski definition) is 7. The van der Waals surface area contributed by atoms with Crippen LogP contribution < -0.4 is 20.1 Å². The molecule has 0 bridgehead atoms. The summed E-state index contributed by atoms with van der Waals surface area (Å²) in [5.41, 5.74) is 0.492. The lowest BCUT2D eigenvalue weighted by Crippen LogP contribution is -2.20. The summed E-state index contributed by atoms with van der Waals surface area (Å²) in [6.07, 6.45) is 1.31. The fourth-order valence-corrected chi connectivity index (χ4v) is 3.73. The number of rotatable bonds is 10. The summed E-state index contributed by atoms with van der Waals surface area (Å²) in [6.45, 7) is 1.63. The number of non-ortho nitro benzene ring substituents is 1. The van der Waals surface area contributed by atoms with E-state index in [4.69, 9.17) is 9.47 Å². The first-order valence-corrected chi connectivity index (χ1v) is 11.8. The van der Waals surface area contributed by atoms with Gasteiger partial charge in [0.2, 0.25) is 0 Å². The van der Waals surface area contributed by atoms with E-state index in [-0.39, 0.29) is 41.7 Å². The Morgan fingerprint density at radius 3 is 2.50 bits per heavy atom. The van der Waals surface area contributed by atoms with Crippen LogP contribution in [0.15, 0.2) is 70.7 Å². The summed E-state index contributed by atoms with van der Waals surface area (Å²) in [5.74, 6) is -1.21. The van der Waals surface area contributed by atoms with E-state index < -0.39 is 22.6 Å². The Kier molecular flexibility index (Phi) is 9.50. The molecule has 3 aromatic rings.